The van der Waals surface area contributed by atoms with E-state index in [1.165, 1.54) is 6.20 Å². The molecule has 0 saturated carbocycles. The van der Waals surface area contributed by atoms with E-state index >= 15 is 0 Å². The van der Waals surface area contributed by atoms with E-state index in [1.807, 2.05) is 0 Å². The summed E-state index contributed by atoms with van der Waals surface area (Å²) in [6.45, 7) is 0. The molecular formula is C9H7BrN4O. The minimum Gasteiger partial charge on any atom is -0.338 e. The van der Waals surface area contributed by atoms with E-state index in [9.17, 15) is 4.79 Å². The Balaban J connectivity index is 2.11. The molecule has 6 heteroatoms. The number of aromatic nitrogens is 3. The maximum atomic E-state index is 11.6. The van der Waals surface area contributed by atoms with Crippen LogP contribution < -0.4 is 5.32 Å². The van der Waals surface area contributed by atoms with Gasteiger partial charge in [0.2, 0.25) is 0 Å². The number of imidazole rings is 1. The molecule has 0 aromatic carbocycles. The minimum absolute atomic E-state index is 0.273. The lowest BCUT2D eigenvalue weighted by Crippen LogP contribution is -2.12. The lowest BCUT2D eigenvalue weighted by molar-refractivity contribution is 0.102. The molecule has 1 amide bonds. The van der Waals surface area contributed by atoms with Gasteiger partial charge in [-0.2, -0.15) is 0 Å². The number of nitrogens with zero attached hydrogens (tertiary/aromatic N) is 2. The summed E-state index contributed by atoms with van der Waals surface area (Å²) in [5.74, 6) is -0.273. The summed E-state index contributed by atoms with van der Waals surface area (Å²) in [6, 6.07) is 3.50. The van der Waals surface area contributed by atoms with Crippen molar-refractivity contribution >= 4 is 27.5 Å². The van der Waals surface area contributed by atoms with E-state index in [1.54, 1.807) is 24.5 Å². The number of hydrogen-bond donors (Lipinski definition) is 2. The number of H-pyrrole nitrogens is 1. The molecule has 0 aliphatic rings. The van der Waals surface area contributed by atoms with Crippen molar-refractivity contribution in [2.75, 3.05) is 5.32 Å². The number of nitrogens with one attached hydrogen (secondary N) is 2. The highest BCUT2D eigenvalue weighted by Gasteiger charge is 2.09. The topological polar surface area (TPSA) is 70.7 Å². The smallest absolute Gasteiger partial charge is 0.275 e. The van der Waals surface area contributed by atoms with E-state index in [0.717, 1.165) is 0 Å². The second kappa shape index (κ2) is 4.22. The van der Waals surface area contributed by atoms with Crippen LogP contribution in [0.4, 0.5) is 5.69 Å². The van der Waals surface area contributed by atoms with Gasteiger partial charge < -0.3 is 10.3 Å². The number of carbonyl (C=O) groups excluding carboxylic acids is 1. The van der Waals surface area contributed by atoms with Gasteiger partial charge in [0.15, 0.2) is 4.73 Å². The molecule has 2 heterocycles. The summed E-state index contributed by atoms with van der Waals surface area (Å²) in [4.78, 5) is 22.2. The summed E-state index contributed by atoms with van der Waals surface area (Å²) in [5, 5.41) is 2.67. The van der Waals surface area contributed by atoms with Crippen molar-refractivity contribution in [3.63, 3.8) is 0 Å². The van der Waals surface area contributed by atoms with Gasteiger partial charge in [-0.25, -0.2) is 4.98 Å². The molecule has 0 aliphatic carbocycles. The molecule has 2 N–H and O–H groups in total. The number of carbonyl (C=O) groups is 1. The fraction of sp³-hybridized carbons (Fsp3) is 0. The molecule has 0 radical (unpaired) electrons. The molecule has 5 nitrogen and oxygen atoms in total. The maximum Gasteiger partial charge on any atom is 0.275 e. The monoisotopic (exact) mass is 266 g/mol. The fourth-order valence-electron chi connectivity index (χ4n) is 1.05. The van der Waals surface area contributed by atoms with Gasteiger partial charge in [-0.15, -0.1) is 0 Å². The van der Waals surface area contributed by atoms with Crippen LogP contribution in [0.2, 0.25) is 0 Å². The lowest BCUT2D eigenvalue weighted by atomic mass is 10.4. The van der Waals surface area contributed by atoms with Crippen LogP contribution in [-0.2, 0) is 0 Å². The number of halogens is 1. The standard InChI is InChI=1S/C9H7BrN4O/c10-9-12-5-7(14-9)8(15)13-6-2-1-3-11-4-6/h1-5H,(H,12,14)(H,13,15). The van der Waals surface area contributed by atoms with Crippen LogP contribution in [0.25, 0.3) is 0 Å². The van der Waals surface area contributed by atoms with Crippen LogP contribution in [0, 0.1) is 0 Å². The van der Waals surface area contributed by atoms with Crippen molar-refractivity contribution < 1.29 is 4.79 Å². The predicted octanol–water partition coefficient (Wildman–Crippen LogP) is 1.82. The molecule has 2 rings (SSSR count). The highest BCUT2D eigenvalue weighted by molar-refractivity contribution is 9.10. The molecule has 0 saturated heterocycles. The Morgan fingerprint density at radius 3 is 3.00 bits per heavy atom. The molecule has 0 bridgehead atoms. The van der Waals surface area contributed by atoms with Crippen molar-refractivity contribution in [3.05, 3.63) is 41.2 Å². The Morgan fingerprint density at radius 2 is 2.40 bits per heavy atom. The van der Waals surface area contributed by atoms with Crippen LogP contribution in [0.15, 0.2) is 35.5 Å². The molecule has 0 aliphatic heterocycles. The van der Waals surface area contributed by atoms with Gasteiger partial charge in [0.05, 0.1) is 11.9 Å². The highest BCUT2D eigenvalue weighted by atomic mass is 79.9. The molecule has 15 heavy (non-hydrogen) atoms. The van der Waals surface area contributed by atoms with Crippen molar-refractivity contribution in [1.82, 2.24) is 15.0 Å². The molecule has 2 aromatic rings. The maximum absolute atomic E-state index is 11.6. The van der Waals surface area contributed by atoms with Gasteiger partial charge >= 0.3 is 0 Å². The molecule has 0 spiro atoms. The third-order valence-electron chi connectivity index (χ3n) is 1.70. The van der Waals surface area contributed by atoms with Gasteiger partial charge in [-0.1, -0.05) is 0 Å². The average Bonchev–Trinajstić information content (AvgIpc) is 2.66. The minimum atomic E-state index is -0.273. The second-order valence-electron chi connectivity index (χ2n) is 2.77. The normalized spacial score (nSPS) is 9.93. The zero-order valence-electron chi connectivity index (χ0n) is 7.57. The SMILES string of the molecule is O=C(Nc1cccnc1)c1c[nH]c(Br)n1. The van der Waals surface area contributed by atoms with Gasteiger partial charge in [0.25, 0.3) is 5.91 Å². The first-order valence-corrected chi connectivity index (χ1v) is 4.97. The van der Waals surface area contributed by atoms with Gasteiger partial charge in [-0.3, -0.25) is 9.78 Å². The summed E-state index contributed by atoms with van der Waals surface area (Å²) in [5.41, 5.74) is 0.965. The van der Waals surface area contributed by atoms with Crippen molar-refractivity contribution in [3.8, 4) is 0 Å². The first kappa shape index (κ1) is 9.85. The van der Waals surface area contributed by atoms with Crippen LogP contribution in [0.1, 0.15) is 10.5 Å². The number of aromatic amines is 1. The van der Waals surface area contributed by atoms with Gasteiger partial charge in [0, 0.05) is 12.4 Å². The number of anilines is 1. The number of pyridine rings is 1. The van der Waals surface area contributed by atoms with E-state index in [-0.39, 0.29) is 5.91 Å². The van der Waals surface area contributed by atoms with Crippen LogP contribution in [-0.4, -0.2) is 20.9 Å². The summed E-state index contributed by atoms with van der Waals surface area (Å²) >= 11 is 3.13. The third kappa shape index (κ3) is 2.41. The van der Waals surface area contributed by atoms with E-state index in [4.69, 9.17) is 0 Å². The Labute approximate surface area is 94.1 Å². The first-order chi connectivity index (χ1) is 7.25. The molecular weight excluding hydrogens is 260 g/mol. The number of amides is 1. The van der Waals surface area contributed by atoms with Crippen molar-refractivity contribution in [2.45, 2.75) is 0 Å². The van der Waals surface area contributed by atoms with Crippen LogP contribution >= 0.6 is 15.9 Å². The van der Waals surface area contributed by atoms with Gasteiger partial charge in [0.1, 0.15) is 5.69 Å². The molecule has 0 unspecified atom stereocenters. The lowest BCUT2D eigenvalue weighted by Gasteiger charge is -2.00. The van der Waals surface area contributed by atoms with Gasteiger partial charge in [-0.05, 0) is 28.1 Å². The van der Waals surface area contributed by atoms with E-state index in [2.05, 4.69) is 36.2 Å². The Bertz CT molecular complexity index is 468. The molecule has 76 valence electrons. The third-order valence-corrected chi connectivity index (χ3v) is 2.10. The number of hydrogen-bond acceptors (Lipinski definition) is 3. The number of rotatable bonds is 2. The quantitative estimate of drug-likeness (QED) is 0.871. The highest BCUT2D eigenvalue weighted by Crippen LogP contribution is 2.08. The predicted molar refractivity (Wildman–Crippen MR) is 58.5 cm³/mol. The van der Waals surface area contributed by atoms with Crippen molar-refractivity contribution in [1.29, 1.82) is 0 Å². The van der Waals surface area contributed by atoms with Crippen molar-refractivity contribution in [2.24, 2.45) is 0 Å². The second-order valence-corrected chi connectivity index (χ2v) is 3.52. The largest absolute Gasteiger partial charge is 0.338 e. The zero-order valence-corrected chi connectivity index (χ0v) is 9.15. The van der Waals surface area contributed by atoms with E-state index in [0.29, 0.717) is 16.1 Å². The molecule has 0 fully saturated rings. The summed E-state index contributed by atoms with van der Waals surface area (Å²) in [6.07, 6.45) is 4.73. The first-order valence-electron chi connectivity index (χ1n) is 4.18. The van der Waals surface area contributed by atoms with Crippen LogP contribution in [0.3, 0.4) is 0 Å². The zero-order chi connectivity index (χ0) is 10.7. The average molecular weight is 267 g/mol. The summed E-state index contributed by atoms with van der Waals surface area (Å²) < 4.78 is 0.527. The fourth-order valence-corrected chi connectivity index (χ4v) is 1.35. The Kier molecular flexibility index (Phi) is 2.77. The Morgan fingerprint density at radius 1 is 1.53 bits per heavy atom. The van der Waals surface area contributed by atoms with E-state index < -0.39 is 0 Å². The summed E-state index contributed by atoms with van der Waals surface area (Å²) in [7, 11) is 0. The van der Waals surface area contributed by atoms with Crippen LogP contribution in [0.5, 0.6) is 0 Å². The molecule has 2 aromatic heterocycles. The molecule has 0 atom stereocenters. The Hall–Kier alpha value is -1.69.